The average molecular weight is 447 g/mol. The number of unbranched alkanes of at least 4 members (excludes halogenated alkanes) is 1. The van der Waals surface area contributed by atoms with Gasteiger partial charge in [-0.15, -0.1) is 5.10 Å². The molecule has 0 saturated heterocycles. The number of benzene rings is 2. The number of thioether (sulfide) groups is 1. The van der Waals surface area contributed by atoms with Crippen LogP contribution in [0.4, 0.5) is 5.69 Å². The lowest BCUT2D eigenvalue weighted by atomic mass is 10.1. The normalized spacial score (nSPS) is 11.4. The number of nitrogens with one attached hydrogen (secondary N) is 1. The number of aromatic nitrogens is 4. The molecule has 0 aliphatic carbocycles. The van der Waals surface area contributed by atoms with Crippen LogP contribution in [0.25, 0.3) is 5.69 Å². The van der Waals surface area contributed by atoms with Crippen LogP contribution in [0.2, 0.25) is 0 Å². The lowest BCUT2D eigenvalue weighted by Crippen LogP contribution is -2.16. The van der Waals surface area contributed by atoms with Gasteiger partial charge in [-0.2, -0.15) is 4.68 Å². The van der Waals surface area contributed by atoms with Crippen LogP contribution < -0.4 is 10.5 Å². The molecule has 0 atom stereocenters. The number of carbonyl (C=O) groups excluding carboxylic acids is 1. The predicted octanol–water partition coefficient (Wildman–Crippen LogP) is 2.38. The second kappa shape index (κ2) is 9.83. The Balaban J connectivity index is 1.62. The molecule has 3 aromatic rings. The third-order valence-electron chi connectivity index (χ3n) is 4.22. The molecule has 30 heavy (non-hydrogen) atoms. The maximum atomic E-state index is 12.3. The summed E-state index contributed by atoms with van der Waals surface area (Å²) in [6.07, 6.45) is 3.31. The SMILES string of the molecule is CCCCc1ccc(-n2nnnc2SCC(=O)Nc2cccc(S(N)(=O)=O)c2)cc1. The van der Waals surface area contributed by atoms with E-state index >= 15 is 0 Å². The first-order valence-electron chi connectivity index (χ1n) is 9.30. The van der Waals surface area contributed by atoms with Gasteiger partial charge in [0.1, 0.15) is 0 Å². The van der Waals surface area contributed by atoms with Crippen molar-refractivity contribution < 1.29 is 13.2 Å². The number of primary sulfonamides is 1. The van der Waals surface area contributed by atoms with Gasteiger partial charge in [-0.25, -0.2) is 13.6 Å². The highest BCUT2D eigenvalue weighted by atomic mass is 32.2. The first kappa shape index (κ1) is 21.9. The highest BCUT2D eigenvalue weighted by Gasteiger charge is 2.13. The summed E-state index contributed by atoms with van der Waals surface area (Å²) in [4.78, 5) is 12.2. The van der Waals surface area contributed by atoms with E-state index in [4.69, 9.17) is 5.14 Å². The number of rotatable bonds is 9. The molecule has 158 valence electrons. The van der Waals surface area contributed by atoms with Crippen molar-refractivity contribution in [2.24, 2.45) is 5.14 Å². The van der Waals surface area contributed by atoms with Crippen molar-refractivity contribution in [2.45, 2.75) is 36.2 Å². The van der Waals surface area contributed by atoms with E-state index in [0.717, 1.165) is 24.9 Å². The molecule has 0 spiro atoms. The van der Waals surface area contributed by atoms with Crippen molar-refractivity contribution in [2.75, 3.05) is 11.1 Å². The Hall–Kier alpha value is -2.76. The highest BCUT2D eigenvalue weighted by Crippen LogP contribution is 2.20. The van der Waals surface area contributed by atoms with Crippen LogP contribution in [0.3, 0.4) is 0 Å². The lowest BCUT2D eigenvalue weighted by Gasteiger charge is -2.07. The lowest BCUT2D eigenvalue weighted by molar-refractivity contribution is -0.113. The maximum absolute atomic E-state index is 12.3. The van der Waals surface area contributed by atoms with Gasteiger partial charge < -0.3 is 5.32 Å². The van der Waals surface area contributed by atoms with Gasteiger partial charge in [0.15, 0.2) is 0 Å². The summed E-state index contributed by atoms with van der Waals surface area (Å²) in [5, 5.41) is 19.9. The van der Waals surface area contributed by atoms with Gasteiger partial charge in [0.25, 0.3) is 0 Å². The van der Waals surface area contributed by atoms with E-state index in [2.05, 4.69) is 27.8 Å². The number of nitrogens with two attached hydrogens (primary N) is 1. The van der Waals surface area contributed by atoms with Crippen molar-refractivity contribution in [3.63, 3.8) is 0 Å². The number of hydrogen-bond donors (Lipinski definition) is 2. The molecule has 3 N–H and O–H groups in total. The van der Waals surface area contributed by atoms with E-state index in [9.17, 15) is 13.2 Å². The van der Waals surface area contributed by atoms with Gasteiger partial charge in [-0.05, 0) is 59.2 Å². The molecule has 0 fully saturated rings. The molecule has 0 aliphatic rings. The van der Waals surface area contributed by atoms with Crippen molar-refractivity contribution >= 4 is 33.4 Å². The largest absolute Gasteiger partial charge is 0.325 e. The average Bonchev–Trinajstić information content (AvgIpc) is 3.19. The van der Waals surface area contributed by atoms with Crippen LogP contribution in [-0.2, 0) is 21.2 Å². The van der Waals surface area contributed by atoms with Crippen molar-refractivity contribution in [3.8, 4) is 5.69 Å². The van der Waals surface area contributed by atoms with Gasteiger partial charge in [-0.3, -0.25) is 4.79 Å². The fourth-order valence-electron chi connectivity index (χ4n) is 2.69. The van der Waals surface area contributed by atoms with Crippen molar-refractivity contribution in [1.82, 2.24) is 20.2 Å². The zero-order valence-corrected chi connectivity index (χ0v) is 18.0. The molecule has 0 bridgehead atoms. The molecule has 11 heteroatoms. The minimum absolute atomic E-state index is 0.0502. The second-order valence-corrected chi connectivity index (χ2v) is 9.06. The molecular weight excluding hydrogens is 424 g/mol. The van der Waals surface area contributed by atoms with Crippen LogP contribution in [0.5, 0.6) is 0 Å². The zero-order chi connectivity index (χ0) is 21.6. The Morgan fingerprint density at radius 3 is 2.67 bits per heavy atom. The summed E-state index contributed by atoms with van der Waals surface area (Å²) in [6, 6.07) is 13.8. The fourth-order valence-corrected chi connectivity index (χ4v) is 3.94. The third-order valence-corrected chi connectivity index (χ3v) is 6.05. The molecular formula is C19H22N6O3S2. The summed E-state index contributed by atoms with van der Waals surface area (Å²) in [7, 11) is -3.84. The van der Waals surface area contributed by atoms with E-state index in [0.29, 0.717) is 10.8 Å². The number of hydrogen-bond acceptors (Lipinski definition) is 7. The number of anilines is 1. The van der Waals surface area contributed by atoms with Gasteiger partial charge >= 0.3 is 0 Å². The van der Waals surface area contributed by atoms with Gasteiger partial charge in [0.2, 0.25) is 21.1 Å². The number of carbonyl (C=O) groups is 1. The Labute approximate surface area is 179 Å². The predicted molar refractivity (Wildman–Crippen MR) is 115 cm³/mol. The molecule has 0 aliphatic heterocycles. The van der Waals surface area contributed by atoms with Crippen molar-refractivity contribution in [3.05, 3.63) is 54.1 Å². The standard InChI is InChI=1S/C19H22N6O3S2/c1-2-3-5-14-8-10-16(11-9-14)25-19(22-23-24-25)29-13-18(26)21-15-6-4-7-17(12-15)30(20,27)28/h4,6-12H,2-3,5,13H2,1H3,(H,21,26)(H2,20,27,28). The van der Waals surface area contributed by atoms with Gasteiger partial charge in [-0.1, -0.05) is 43.3 Å². The first-order chi connectivity index (χ1) is 14.4. The minimum Gasteiger partial charge on any atom is -0.325 e. The Bertz CT molecular complexity index is 1110. The Morgan fingerprint density at radius 2 is 1.97 bits per heavy atom. The highest BCUT2D eigenvalue weighted by molar-refractivity contribution is 7.99. The molecule has 9 nitrogen and oxygen atoms in total. The van der Waals surface area contributed by atoms with E-state index < -0.39 is 10.0 Å². The monoisotopic (exact) mass is 446 g/mol. The van der Waals surface area contributed by atoms with E-state index in [1.165, 1.54) is 35.5 Å². The molecule has 1 aromatic heterocycles. The second-order valence-electron chi connectivity index (χ2n) is 6.55. The number of nitrogens with zero attached hydrogens (tertiary/aromatic N) is 4. The maximum Gasteiger partial charge on any atom is 0.238 e. The molecule has 0 radical (unpaired) electrons. The van der Waals surface area contributed by atoms with Crippen molar-refractivity contribution in [1.29, 1.82) is 0 Å². The van der Waals surface area contributed by atoms with Crippen LogP contribution >= 0.6 is 11.8 Å². The molecule has 2 aromatic carbocycles. The van der Waals surface area contributed by atoms with Gasteiger partial charge in [0, 0.05) is 5.69 Å². The first-order valence-corrected chi connectivity index (χ1v) is 11.8. The summed E-state index contributed by atoms with van der Waals surface area (Å²) >= 11 is 1.18. The Kier molecular flexibility index (Phi) is 7.19. The zero-order valence-electron chi connectivity index (χ0n) is 16.4. The quantitative estimate of drug-likeness (QED) is 0.482. The third kappa shape index (κ3) is 5.88. The summed E-state index contributed by atoms with van der Waals surface area (Å²) in [5.74, 6) is -0.273. The smallest absolute Gasteiger partial charge is 0.238 e. The fraction of sp³-hybridized carbons (Fsp3) is 0.263. The number of sulfonamides is 1. The topological polar surface area (TPSA) is 133 Å². The van der Waals surface area contributed by atoms with Crippen LogP contribution in [0.1, 0.15) is 25.3 Å². The van der Waals surface area contributed by atoms with E-state index in [-0.39, 0.29) is 16.6 Å². The Morgan fingerprint density at radius 1 is 1.20 bits per heavy atom. The molecule has 0 saturated carbocycles. The molecule has 1 heterocycles. The van der Waals surface area contributed by atoms with E-state index in [1.807, 2.05) is 24.3 Å². The minimum atomic E-state index is -3.84. The van der Waals surface area contributed by atoms with E-state index in [1.54, 1.807) is 10.7 Å². The van der Waals surface area contributed by atoms with Crippen LogP contribution in [0, 0.1) is 0 Å². The molecule has 3 rings (SSSR count). The number of amides is 1. The van der Waals surface area contributed by atoms with Crippen LogP contribution in [-0.4, -0.2) is 40.3 Å². The molecule has 1 amide bonds. The summed E-state index contributed by atoms with van der Waals surface area (Å²) < 4.78 is 24.4. The summed E-state index contributed by atoms with van der Waals surface area (Å²) in [6.45, 7) is 2.16. The van der Waals surface area contributed by atoms with Crippen LogP contribution in [0.15, 0.2) is 58.6 Å². The summed E-state index contributed by atoms with van der Waals surface area (Å²) in [5.41, 5.74) is 2.40. The van der Waals surface area contributed by atoms with Gasteiger partial charge in [0.05, 0.1) is 16.3 Å². The number of tetrazole rings is 1. The number of aryl methyl sites for hydroxylation is 1. The molecule has 0 unspecified atom stereocenters.